The van der Waals surface area contributed by atoms with Crippen molar-refractivity contribution in [3.8, 4) is 0 Å². The van der Waals surface area contributed by atoms with Gasteiger partial charge in [-0.2, -0.15) is 0 Å². The quantitative estimate of drug-likeness (QED) is 0.422. The molecule has 92 valence electrons. The summed E-state index contributed by atoms with van der Waals surface area (Å²) in [6.45, 7) is 0. The highest BCUT2D eigenvalue weighted by molar-refractivity contribution is 9.10. The van der Waals surface area contributed by atoms with Gasteiger partial charge in [-0.3, -0.25) is 4.98 Å². The zero-order chi connectivity index (χ0) is 13.0. The Kier molecular flexibility index (Phi) is 2.34. The van der Waals surface area contributed by atoms with Gasteiger partial charge in [0.25, 0.3) is 0 Å². The van der Waals surface area contributed by atoms with Gasteiger partial charge in [-0.1, -0.05) is 27.5 Å². The van der Waals surface area contributed by atoms with E-state index in [1.54, 1.807) is 6.20 Å². The molecule has 4 rings (SSSR count). The highest BCUT2D eigenvalue weighted by Gasteiger charge is 2.13. The van der Waals surface area contributed by atoms with Crippen molar-refractivity contribution in [3.05, 3.63) is 52.2 Å². The van der Waals surface area contributed by atoms with Gasteiger partial charge in [-0.25, -0.2) is 0 Å². The smallest absolute Gasteiger partial charge is 0.155 e. The Balaban J connectivity index is 2.30. The van der Waals surface area contributed by atoms with Gasteiger partial charge in [0.05, 0.1) is 5.02 Å². The van der Waals surface area contributed by atoms with Crippen LogP contribution < -0.4 is 0 Å². The number of hydrogen-bond donors (Lipinski definition) is 0. The number of nitrogens with zero attached hydrogens (tertiary/aromatic N) is 1. The van der Waals surface area contributed by atoms with Crippen LogP contribution in [0.25, 0.3) is 32.7 Å². The second-order valence-corrected chi connectivity index (χ2v) is 5.67. The van der Waals surface area contributed by atoms with Crippen molar-refractivity contribution in [3.63, 3.8) is 0 Å². The number of rotatable bonds is 0. The number of fused-ring (bicyclic) bond motifs is 4. The molecule has 0 saturated heterocycles. The second kappa shape index (κ2) is 3.95. The monoisotopic (exact) mass is 331 g/mol. The first-order valence-corrected chi connectivity index (χ1v) is 6.95. The number of hydrogen-bond acceptors (Lipinski definition) is 2. The zero-order valence-corrected chi connectivity index (χ0v) is 12.0. The average Bonchev–Trinajstić information content (AvgIpc) is 2.80. The Bertz CT molecular complexity index is 945. The molecule has 2 nitrogen and oxygen atoms in total. The van der Waals surface area contributed by atoms with Gasteiger partial charge in [-0.15, -0.1) is 0 Å². The molecule has 0 aliphatic rings. The molecule has 4 aromatic rings. The van der Waals surface area contributed by atoms with Crippen LogP contribution in [0.1, 0.15) is 0 Å². The predicted octanol–water partition coefficient (Wildman–Crippen LogP) is 5.55. The van der Waals surface area contributed by atoms with Crippen LogP contribution in [0.2, 0.25) is 5.02 Å². The standard InChI is InChI=1S/C15H7BrClNO/c16-11-1-2-12(17)15-14(11)10-5-8-3-4-18-7-9(8)6-13(10)19-15/h1-7H. The Morgan fingerprint density at radius 2 is 2.00 bits per heavy atom. The summed E-state index contributed by atoms with van der Waals surface area (Å²) in [6.07, 6.45) is 3.62. The van der Waals surface area contributed by atoms with E-state index >= 15 is 0 Å². The molecule has 0 saturated carbocycles. The van der Waals surface area contributed by atoms with Crippen LogP contribution in [0, 0.1) is 0 Å². The van der Waals surface area contributed by atoms with Crippen LogP contribution in [0.4, 0.5) is 0 Å². The number of benzene rings is 2. The number of halogens is 2. The van der Waals surface area contributed by atoms with Crippen molar-refractivity contribution >= 4 is 60.2 Å². The topological polar surface area (TPSA) is 26.0 Å². The van der Waals surface area contributed by atoms with Crippen LogP contribution in [-0.4, -0.2) is 4.98 Å². The van der Waals surface area contributed by atoms with E-state index in [2.05, 4.69) is 27.0 Å². The molecular formula is C15H7BrClNO. The lowest BCUT2D eigenvalue weighted by molar-refractivity contribution is 0.669. The summed E-state index contributed by atoms with van der Waals surface area (Å²) < 4.78 is 6.87. The highest BCUT2D eigenvalue weighted by Crippen LogP contribution is 2.39. The molecule has 0 atom stereocenters. The maximum absolute atomic E-state index is 6.21. The molecule has 0 spiro atoms. The third kappa shape index (κ3) is 1.58. The van der Waals surface area contributed by atoms with Gasteiger partial charge in [0.15, 0.2) is 5.58 Å². The van der Waals surface area contributed by atoms with Crippen LogP contribution >= 0.6 is 27.5 Å². The second-order valence-electron chi connectivity index (χ2n) is 4.41. The van der Waals surface area contributed by atoms with E-state index in [0.29, 0.717) is 10.6 Å². The van der Waals surface area contributed by atoms with Crippen molar-refractivity contribution in [1.82, 2.24) is 4.98 Å². The van der Waals surface area contributed by atoms with Crippen LogP contribution in [0.5, 0.6) is 0 Å². The van der Waals surface area contributed by atoms with Gasteiger partial charge in [0.2, 0.25) is 0 Å². The lowest BCUT2D eigenvalue weighted by atomic mass is 10.1. The van der Waals surface area contributed by atoms with Gasteiger partial charge >= 0.3 is 0 Å². The van der Waals surface area contributed by atoms with Crippen molar-refractivity contribution in [2.45, 2.75) is 0 Å². The fourth-order valence-corrected chi connectivity index (χ4v) is 3.11. The SMILES string of the molecule is Clc1ccc(Br)c2c1oc1cc3cnccc3cc12. The molecule has 0 radical (unpaired) electrons. The van der Waals surface area contributed by atoms with Crippen molar-refractivity contribution in [2.24, 2.45) is 0 Å². The van der Waals surface area contributed by atoms with Crippen LogP contribution in [0.3, 0.4) is 0 Å². The van der Waals surface area contributed by atoms with Gasteiger partial charge in [-0.05, 0) is 35.7 Å². The molecule has 0 N–H and O–H groups in total. The van der Waals surface area contributed by atoms with Crippen LogP contribution in [-0.2, 0) is 0 Å². The molecule has 2 aromatic heterocycles. The maximum atomic E-state index is 6.21. The largest absolute Gasteiger partial charge is 0.454 e. The summed E-state index contributed by atoms with van der Waals surface area (Å²) in [4.78, 5) is 4.13. The fraction of sp³-hybridized carbons (Fsp3) is 0. The number of furan rings is 1. The molecule has 2 aromatic carbocycles. The van der Waals surface area contributed by atoms with E-state index < -0.39 is 0 Å². The van der Waals surface area contributed by atoms with Crippen LogP contribution in [0.15, 0.2) is 51.6 Å². The molecule has 0 unspecified atom stereocenters. The highest BCUT2D eigenvalue weighted by atomic mass is 79.9. The van der Waals surface area contributed by atoms with E-state index in [1.807, 2.05) is 30.5 Å². The third-order valence-electron chi connectivity index (χ3n) is 3.28. The molecule has 0 aliphatic carbocycles. The van der Waals surface area contributed by atoms with E-state index in [4.69, 9.17) is 16.0 Å². The Hall–Kier alpha value is -1.58. The first kappa shape index (κ1) is 11.3. The lowest BCUT2D eigenvalue weighted by Gasteiger charge is -1.97. The molecule has 19 heavy (non-hydrogen) atoms. The molecule has 4 heteroatoms. The Labute approximate surface area is 122 Å². The normalized spacial score (nSPS) is 11.7. The lowest BCUT2D eigenvalue weighted by Crippen LogP contribution is -1.75. The summed E-state index contributed by atoms with van der Waals surface area (Å²) in [6, 6.07) is 9.87. The van der Waals surface area contributed by atoms with E-state index in [0.717, 1.165) is 31.6 Å². The van der Waals surface area contributed by atoms with E-state index in [-0.39, 0.29) is 0 Å². The zero-order valence-electron chi connectivity index (χ0n) is 9.65. The minimum absolute atomic E-state index is 0.622. The maximum Gasteiger partial charge on any atom is 0.155 e. The molecular weight excluding hydrogens is 326 g/mol. The van der Waals surface area contributed by atoms with E-state index in [9.17, 15) is 0 Å². The first-order chi connectivity index (χ1) is 9.24. The summed E-state index contributed by atoms with van der Waals surface area (Å²) >= 11 is 9.77. The summed E-state index contributed by atoms with van der Waals surface area (Å²) in [5.74, 6) is 0. The van der Waals surface area contributed by atoms with Gasteiger partial charge < -0.3 is 4.42 Å². The molecule has 0 aliphatic heterocycles. The third-order valence-corrected chi connectivity index (χ3v) is 4.24. The minimum atomic E-state index is 0.622. The average molecular weight is 333 g/mol. The first-order valence-electron chi connectivity index (χ1n) is 5.78. The summed E-state index contributed by atoms with van der Waals surface area (Å²) in [5, 5.41) is 4.89. The molecule has 2 heterocycles. The molecule has 0 fully saturated rings. The minimum Gasteiger partial charge on any atom is -0.454 e. The summed E-state index contributed by atoms with van der Waals surface area (Å²) in [5.41, 5.74) is 1.54. The Morgan fingerprint density at radius 3 is 2.89 bits per heavy atom. The van der Waals surface area contributed by atoms with E-state index in [1.165, 1.54) is 0 Å². The fourth-order valence-electron chi connectivity index (χ4n) is 2.39. The van der Waals surface area contributed by atoms with Gasteiger partial charge in [0.1, 0.15) is 5.58 Å². The molecule has 0 bridgehead atoms. The predicted molar refractivity (Wildman–Crippen MR) is 81.7 cm³/mol. The molecule has 0 amide bonds. The van der Waals surface area contributed by atoms with Crippen molar-refractivity contribution in [1.29, 1.82) is 0 Å². The number of pyridine rings is 1. The van der Waals surface area contributed by atoms with Crippen molar-refractivity contribution < 1.29 is 4.42 Å². The Morgan fingerprint density at radius 1 is 1.11 bits per heavy atom. The van der Waals surface area contributed by atoms with Crippen molar-refractivity contribution in [2.75, 3.05) is 0 Å². The number of aromatic nitrogens is 1. The van der Waals surface area contributed by atoms with Gasteiger partial charge in [0, 0.05) is 33.0 Å². The summed E-state index contributed by atoms with van der Waals surface area (Å²) in [7, 11) is 0.